The van der Waals surface area contributed by atoms with Crippen LogP contribution < -0.4 is 0 Å². The van der Waals surface area contributed by atoms with E-state index in [-0.39, 0.29) is 6.23 Å². The average Bonchev–Trinajstić information content (AvgIpc) is 3.01. The fraction of sp³-hybridized carbons (Fsp3) is 0.389. The minimum atomic E-state index is 0.0513. The zero-order chi connectivity index (χ0) is 16.2. The summed E-state index contributed by atoms with van der Waals surface area (Å²) in [5, 5.41) is 0. The Hall–Kier alpha value is -1.92. The van der Waals surface area contributed by atoms with Gasteiger partial charge in [-0.2, -0.15) is 0 Å². The first kappa shape index (κ1) is 15.6. The number of rotatable bonds is 5. The average molecular weight is 340 g/mol. The van der Waals surface area contributed by atoms with Crippen LogP contribution in [-0.2, 0) is 11.2 Å². The highest BCUT2D eigenvalue weighted by Crippen LogP contribution is 2.28. The Kier molecular flexibility index (Phi) is 4.76. The first-order chi connectivity index (χ1) is 11.9. The molecule has 1 aliphatic rings. The summed E-state index contributed by atoms with van der Waals surface area (Å²) in [5.41, 5.74) is 1.74. The van der Waals surface area contributed by atoms with Crippen LogP contribution in [0.3, 0.4) is 0 Å². The maximum Gasteiger partial charge on any atom is 0.165 e. The molecule has 0 saturated carbocycles. The van der Waals surface area contributed by atoms with Gasteiger partial charge in [-0.3, -0.25) is 4.57 Å². The van der Waals surface area contributed by atoms with Gasteiger partial charge < -0.3 is 4.74 Å². The number of thioether (sulfide) groups is 1. The van der Waals surface area contributed by atoms with Gasteiger partial charge in [0.25, 0.3) is 0 Å². The Morgan fingerprint density at radius 3 is 2.96 bits per heavy atom. The monoisotopic (exact) mass is 340 g/mol. The third-order valence-electron chi connectivity index (χ3n) is 4.21. The van der Waals surface area contributed by atoms with Gasteiger partial charge >= 0.3 is 0 Å². The Morgan fingerprint density at radius 2 is 2.12 bits per heavy atom. The Labute approximate surface area is 145 Å². The van der Waals surface area contributed by atoms with E-state index in [9.17, 15) is 0 Å². The maximum absolute atomic E-state index is 5.99. The van der Waals surface area contributed by atoms with Crippen molar-refractivity contribution in [3.63, 3.8) is 0 Å². The van der Waals surface area contributed by atoms with Crippen molar-refractivity contribution in [2.75, 3.05) is 12.4 Å². The topological polar surface area (TPSA) is 52.8 Å². The first-order valence-corrected chi connectivity index (χ1v) is 9.36. The van der Waals surface area contributed by atoms with E-state index in [0.29, 0.717) is 0 Å². The first-order valence-electron chi connectivity index (χ1n) is 8.38. The van der Waals surface area contributed by atoms with Crippen LogP contribution in [0.5, 0.6) is 0 Å². The predicted molar refractivity (Wildman–Crippen MR) is 95.0 cm³/mol. The van der Waals surface area contributed by atoms with Crippen LogP contribution in [0.1, 0.15) is 31.3 Å². The summed E-state index contributed by atoms with van der Waals surface area (Å²) in [4.78, 5) is 14.6. The van der Waals surface area contributed by atoms with E-state index in [1.165, 1.54) is 11.3 Å². The van der Waals surface area contributed by atoms with Crippen LogP contribution in [0.15, 0.2) is 47.8 Å². The van der Waals surface area contributed by atoms with Crippen LogP contribution >= 0.6 is 11.8 Å². The molecule has 1 aliphatic heterocycles. The molecule has 1 fully saturated rings. The number of hydrogen-bond donors (Lipinski definition) is 0. The molecule has 3 aromatic rings. The van der Waals surface area contributed by atoms with Gasteiger partial charge in [-0.15, -0.1) is 11.8 Å². The summed E-state index contributed by atoms with van der Waals surface area (Å²) in [6.07, 6.45) is 7.66. The molecule has 1 atom stereocenters. The summed E-state index contributed by atoms with van der Waals surface area (Å²) in [6, 6.07) is 10.5. The largest absolute Gasteiger partial charge is 0.358 e. The van der Waals surface area contributed by atoms with Gasteiger partial charge in [0.2, 0.25) is 0 Å². The van der Waals surface area contributed by atoms with Gasteiger partial charge in [-0.25, -0.2) is 15.0 Å². The lowest BCUT2D eigenvalue weighted by molar-refractivity contribution is -0.0312. The molecule has 0 N–H and O–H groups in total. The van der Waals surface area contributed by atoms with Crippen molar-refractivity contribution in [1.29, 1.82) is 0 Å². The quantitative estimate of drug-likeness (QED) is 0.660. The minimum Gasteiger partial charge on any atom is -0.358 e. The van der Waals surface area contributed by atoms with Gasteiger partial charge in [0.15, 0.2) is 5.65 Å². The molecular formula is C18H20N4OS. The van der Waals surface area contributed by atoms with Crippen LogP contribution in [0.4, 0.5) is 0 Å². The van der Waals surface area contributed by atoms with Crippen LogP contribution in [0, 0.1) is 0 Å². The zero-order valence-electron chi connectivity index (χ0n) is 13.5. The Morgan fingerprint density at radius 1 is 1.21 bits per heavy atom. The van der Waals surface area contributed by atoms with Gasteiger partial charge in [-0.05, 0) is 31.4 Å². The van der Waals surface area contributed by atoms with Crippen molar-refractivity contribution in [3.8, 4) is 0 Å². The summed E-state index contributed by atoms with van der Waals surface area (Å²) in [5.74, 6) is 2.02. The molecule has 5 nitrogen and oxygen atoms in total. The molecule has 0 radical (unpaired) electrons. The second-order valence-corrected chi connectivity index (χ2v) is 7.03. The molecule has 0 amide bonds. The molecule has 6 heteroatoms. The number of benzene rings is 1. The molecule has 1 aromatic carbocycles. The zero-order valence-corrected chi connectivity index (χ0v) is 14.3. The lowest BCUT2D eigenvalue weighted by Gasteiger charge is -2.25. The van der Waals surface area contributed by atoms with Crippen LogP contribution in [0.2, 0.25) is 0 Å². The fourth-order valence-electron chi connectivity index (χ4n) is 3.08. The van der Waals surface area contributed by atoms with Crippen molar-refractivity contribution in [2.45, 2.75) is 36.8 Å². The van der Waals surface area contributed by atoms with Crippen molar-refractivity contribution in [3.05, 3.63) is 48.7 Å². The fourth-order valence-corrected chi connectivity index (χ4v) is 3.95. The Bertz CT molecular complexity index is 799. The third-order valence-corrected chi connectivity index (χ3v) is 5.22. The number of imidazole rings is 1. The molecule has 124 valence electrons. The molecule has 0 spiro atoms. The highest BCUT2D eigenvalue weighted by atomic mass is 32.2. The standard InChI is InChI=1S/C18H20N4OS/c1-2-6-14(7-3-1)24-11-9-16-21-15-12-19-13-20-18(15)22(16)17-8-4-5-10-23-17/h1-3,6-7,12-13,17H,4-5,8-11H2. The number of hydrogen-bond acceptors (Lipinski definition) is 5. The van der Waals surface area contributed by atoms with E-state index in [2.05, 4.69) is 38.8 Å². The number of nitrogens with zero attached hydrogens (tertiary/aromatic N) is 4. The molecule has 4 rings (SSSR count). The molecular weight excluding hydrogens is 320 g/mol. The number of aryl methyl sites for hydroxylation is 1. The van der Waals surface area contributed by atoms with Gasteiger partial charge in [0.1, 0.15) is 23.9 Å². The van der Waals surface area contributed by atoms with Crippen molar-refractivity contribution < 1.29 is 4.74 Å². The van der Waals surface area contributed by atoms with Crippen molar-refractivity contribution in [1.82, 2.24) is 19.5 Å². The summed E-state index contributed by atoms with van der Waals surface area (Å²) >= 11 is 1.85. The smallest absolute Gasteiger partial charge is 0.165 e. The van der Waals surface area contributed by atoms with Crippen molar-refractivity contribution in [2.24, 2.45) is 0 Å². The second-order valence-electron chi connectivity index (χ2n) is 5.86. The molecule has 24 heavy (non-hydrogen) atoms. The van der Waals surface area contributed by atoms with Gasteiger partial charge in [0.05, 0.1) is 6.20 Å². The highest BCUT2D eigenvalue weighted by Gasteiger charge is 2.22. The summed E-state index contributed by atoms with van der Waals surface area (Å²) in [7, 11) is 0. The van der Waals surface area contributed by atoms with E-state index < -0.39 is 0 Å². The lowest BCUT2D eigenvalue weighted by Crippen LogP contribution is -2.20. The summed E-state index contributed by atoms with van der Waals surface area (Å²) in [6.45, 7) is 0.813. The van der Waals surface area contributed by atoms with Gasteiger partial charge in [-0.1, -0.05) is 18.2 Å². The van der Waals surface area contributed by atoms with E-state index in [1.807, 2.05) is 17.8 Å². The van der Waals surface area contributed by atoms with E-state index >= 15 is 0 Å². The molecule has 0 aliphatic carbocycles. The highest BCUT2D eigenvalue weighted by molar-refractivity contribution is 7.99. The normalized spacial score (nSPS) is 18.1. The number of fused-ring (bicyclic) bond motifs is 1. The molecule has 0 bridgehead atoms. The molecule has 2 aromatic heterocycles. The lowest BCUT2D eigenvalue weighted by atomic mass is 10.2. The molecule has 1 saturated heterocycles. The Balaban J connectivity index is 1.57. The number of aromatic nitrogens is 4. The van der Waals surface area contributed by atoms with E-state index in [4.69, 9.17) is 9.72 Å². The predicted octanol–water partition coefficient (Wildman–Crippen LogP) is 3.86. The van der Waals surface area contributed by atoms with Crippen LogP contribution in [-0.4, -0.2) is 31.9 Å². The third kappa shape index (κ3) is 3.30. The van der Waals surface area contributed by atoms with E-state index in [0.717, 1.165) is 48.6 Å². The minimum absolute atomic E-state index is 0.0513. The van der Waals surface area contributed by atoms with Gasteiger partial charge in [0, 0.05) is 23.7 Å². The second kappa shape index (κ2) is 7.32. The van der Waals surface area contributed by atoms with E-state index in [1.54, 1.807) is 12.5 Å². The molecule has 3 heterocycles. The molecule has 1 unspecified atom stereocenters. The maximum atomic E-state index is 5.99. The number of ether oxygens (including phenoxy) is 1. The SMILES string of the molecule is c1ccc(SCCc2nc3cncnc3n2C2CCCCO2)cc1. The summed E-state index contributed by atoms with van der Waals surface area (Å²) < 4.78 is 8.17. The van der Waals surface area contributed by atoms with Crippen molar-refractivity contribution >= 4 is 22.9 Å². The van der Waals surface area contributed by atoms with Crippen LogP contribution in [0.25, 0.3) is 11.2 Å².